The molecular formula is C25H23NO3S. The average molecular weight is 418 g/mol. The van der Waals surface area contributed by atoms with Gasteiger partial charge in [-0.15, -0.1) is 11.3 Å². The van der Waals surface area contributed by atoms with E-state index >= 15 is 0 Å². The van der Waals surface area contributed by atoms with Gasteiger partial charge in [-0.1, -0.05) is 68.4 Å². The van der Waals surface area contributed by atoms with Gasteiger partial charge in [0.25, 0.3) is 0 Å². The summed E-state index contributed by atoms with van der Waals surface area (Å²) in [4.78, 5) is 16.6. The number of fused-ring (bicyclic) bond motifs is 1. The Bertz CT molecular complexity index is 1150. The molecule has 0 saturated carbocycles. The smallest absolute Gasteiger partial charge is 0.344 e. The molecule has 0 bridgehead atoms. The number of ether oxygens (including phenoxy) is 2. The zero-order chi connectivity index (χ0) is 20.9. The lowest BCUT2D eigenvalue weighted by atomic mass is 10.0. The number of hydrogen-bond donors (Lipinski definition) is 0. The molecule has 0 N–H and O–H groups in total. The number of aromatic nitrogens is 1. The van der Waals surface area contributed by atoms with E-state index < -0.39 is 5.97 Å². The van der Waals surface area contributed by atoms with Gasteiger partial charge in [-0.05, 0) is 34.4 Å². The van der Waals surface area contributed by atoms with Crippen molar-refractivity contribution in [1.82, 2.24) is 4.98 Å². The molecule has 30 heavy (non-hydrogen) atoms. The summed E-state index contributed by atoms with van der Waals surface area (Å²) < 4.78 is 10.9. The van der Waals surface area contributed by atoms with E-state index in [1.165, 1.54) is 5.56 Å². The summed E-state index contributed by atoms with van der Waals surface area (Å²) in [5.74, 6) is 0.729. The highest BCUT2D eigenvalue weighted by atomic mass is 32.1. The maximum atomic E-state index is 12.1. The Morgan fingerprint density at radius 3 is 2.53 bits per heavy atom. The Hall–Kier alpha value is -3.18. The van der Waals surface area contributed by atoms with Crippen molar-refractivity contribution in [3.63, 3.8) is 0 Å². The molecule has 0 unspecified atom stereocenters. The zero-order valence-electron chi connectivity index (χ0n) is 17.0. The van der Waals surface area contributed by atoms with Gasteiger partial charge in [-0.25, -0.2) is 9.78 Å². The number of nitrogens with zero attached hydrogens (tertiary/aromatic N) is 1. The molecule has 152 valence electrons. The van der Waals surface area contributed by atoms with Crippen molar-refractivity contribution in [2.45, 2.75) is 26.4 Å². The molecule has 4 rings (SSSR count). The molecular weight excluding hydrogens is 394 g/mol. The van der Waals surface area contributed by atoms with Crippen LogP contribution in [-0.4, -0.2) is 17.6 Å². The second kappa shape index (κ2) is 9.09. The van der Waals surface area contributed by atoms with Crippen LogP contribution in [0.4, 0.5) is 0 Å². The lowest BCUT2D eigenvalue weighted by molar-refractivity contribution is -0.147. The normalized spacial score (nSPS) is 11.0. The zero-order valence-corrected chi connectivity index (χ0v) is 17.8. The van der Waals surface area contributed by atoms with E-state index in [0.717, 1.165) is 27.0 Å². The van der Waals surface area contributed by atoms with Gasteiger partial charge in [-0.3, -0.25) is 0 Å². The second-order valence-electron chi connectivity index (χ2n) is 7.38. The topological polar surface area (TPSA) is 48.4 Å². The fraction of sp³-hybridized carbons (Fsp3) is 0.200. The monoisotopic (exact) mass is 417 g/mol. The number of carbonyl (C=O) groups is 1. The number of carbonyl (C=O) groups excluding carboxylic acids is 1. The molecule has 4 nitrogen and oxygen atoms in total. The number of rotatable bonds is 7. The number of esters is 1. The molecule has 5 heteroatoms. The Balaban J connectivity index is 1.29. The first-order valence-electron chi connectivity index (χ1n) is 9.90. The van der Waals surface area contributed by atoms with E-state index in [4.69, 9.17) is 9.47 Å². The number of benzene rings is 3. The summed E-state index contributed by atoms with van der Waals surface area (Å²) >= 11 is 1.55. The van der Waals surface area contributed by atoms with E-state index in [-0.39, 0.29) is 13.2 Å². The predicted molar refractivity (Wildman–Crippen MR) is 121 cm³/mol. The quantitative estimate of drug-likeness (QED) is 0.336. The highest BCUT2D eigenvalue weighted by Gasteiger charge is 2.10. The predicted octanol–water partition coefficient (Wildman–Crippen LogP) is 6.21. The standard InChI is InChI=1S/C25H23NO3S/c1-17(2)18-7-9-20(10-8-18)25-26-22(16-30-25)14-29-24(27)15-28-23-12-11-19-5-3-4-6-21(19)13-23/h3-13,16-17H,14-15H2,1-2H3. The van der Waals surface area contributed by atoms with Crippen LogP contribution >= 0.6 is 11.3 Å². The maximum absolute atomic E-state index is 12.1. The summed E-state index contributed by atoms with van der Waals surface area (Å²) in [6.45, 7) is 4.36. The number of hydrogen-bond acceptors (Lipinski definition) is 5. The van der Waals surface area contributed by atoms with Crippen LogP contribution in [0.3, 0.4) is 0 Å². The van der Waals surface area contributed by atoms with Crippen molar-refractivity contribution >= 4 is 28.1 Å². The molecule has 0 aliphatic carbocycles. The first kappa shape index (κ1) is 20.1. The molecule has 0 aliphatic heterocycles. The fourth-order valence-electron chi connectivity index (χ4n) is 3.11. The van der Waals surface area contributed by atoms with Crippen molar-refractivity contribution in [1.29, 1.82) is 0 Å². The first-order valence-corrected chi connectivity index (χ1v) is 10.8. The van der Waals surface area contributed by atoms with Crippen LogP contribution in [0.5, 0.6) is 5.75 Å². The number of thiazole rings is 1. The van der Waals surface area contributed by atoms with Crippen LogP contribution in [0.1, 0.15) is 31.0 Å². The lowest BCUT2D eigenvalue weighted by Crippen LogP contribution is -2.14. The van der Waals surface area contributed by atoms with Gasteiger partial charge in [-0.2, -0.15) is 0 Å². The Morgan fingerprint density at radius 2 is 1.77 bits per heavy atom. The highest BCUT2D eigenvalue weighted by Crippen LogP contribution is 2.26. The van der Waals surface area contributed by atoms with Gasteiger partial charge in [0.2, 0.25) is 0 Å². The van der Waals surface area contributed by atoms with E-state index in [1.807, 2.05) is 47.8 Å². The van der Waals surface area contributed by atoms with Crippen molar-refractivity contribution in [3.8, 4) is 16.3 Å². The van der Waals surface area contributed by atoms with Crippen molar-refractivity contribution in [2.75, 3.05) is 6.61 Å². The Labute approximate surface area is 180 Å². The molecule has 0 aliphatic rings. The summed E-state index contributed by atoms with van der Waals surface area (Å²) in [5, 5.41) is 5.04. The summed E-state index contributed by atoms with van der Waals surface area (Å²) in [6.07, 6.45) is 0. The van der Waals surface area contributed by atoms with Gasteiger partial charge in [0.15, 0.2) is 6.61 Å². The minimum atomic E-state index is -0.418. The Kier molecular flexibility index (Phi) is 6.10. The minimum Gasteiger partial charge on any atom is -0.482 e. The van der Waals surface area contributed by atoms with Crippen molar-refractivity contribution in [3.05, 3.63) is 83.4 Å². The molecule has 0 atom stereocenters. The second-order valence-corrected chi connectivity index (χ2v) is 8.24. The highest BCUT2D eigenvalue weighted by molar-refractivity contribution is 7.13. The Morgan fingerprint density at radius 1 is 1.00 bits per heavy atom. The molecule has 0 fully saturated rings. The van der Waals surface area contributed by atoms with Gasteiger partial charge < -0.3 is 9.47 Å². The van der Waals surface area contributed by atoms with E-state index in [1.54, 1.807) is 11.3 Å². The van der Waals surface area contributed by atoms with E-state index in [9.17, 15) is 4.79 Å². The van der Waals surface area contributed by atoms with Crippen LogP contribution in [-0.2, 0) is 16.1 Å². The lowest BCUT2D eigenvalue weighted by Gasteiger charge is -2.07. The molecule has 4 aromatic rings. The fourth-order valence-corrected chi connectivity index (χ4v) is 3.92. The minimum absolute atomic E-state index is 0.133. The van der Waals surface area contributed by atoms with Crippen LogP contribution in [0.2, 0.25) is 0 Å². The molecule has 0 saturated heterocycles. The molecule has 0 radical (unpaired) electrons. The molecule has 1 aromatic heterocycles. The molecule has 1 heterocycles. The summed E-state index contributed by atoms with van der Waals surface area (Å²) in [7, 11) is 0. The van der Waals surface area contributed by atoms with Gasteiger partial charge in [0.05, 0.1) is 5.69 Å². The van der Waals surface area contributed by atoms with Gasteiger partial charge in [0, 0.05) is 10.9 Å². The SMILES string of the molecule is CC(C)c1ccc(-c2nc(COC(=O)COc3ccc4ccccc4c3)cs2)cc1. The summed E-state index contributed by atoms with van der Waals surface area (Å²) in [5.41, 5.74) is 3.11. The van der Waals surface area contributed by atoms with Crippen LogP contribution in [0.15, 0.2) is 72.1 Å². The molecule has 0 amide bonds. The maximum Gasteiger partial charge on any atom is 0.344 e. The summed E-state index contributed by atoms with van der Waals surface area (Å²) in [6, 6.07) is 22.2. The van der Waals surface area contributed by atoms with Crippen molar-refractivity contribution < 1.29 is 14.3 Å². The van der Waals surface area contributed by atoms with Crippen LogP contribution in [0.25, 0.3) is 21.3 Å². The first-order chi connectivity index (χ1) is 14.6. The third kappa shape index (κ3) is 4.86. The molecule has 3 aromatic carbocycles. The van der Waals surface area contributed by atoms with Gasteiger partial charge in [0.1, 0.15) is 17.4 Å². The third-order valence-electron chi connectivity index (χ3n) is 4.83. The van der Waals surface area contributed by atoms with Crippen LogP contribution < -0.4 is 4.74 Å². The third-order valence-corrected chi connectivity index (χ3v) is 5.77. The largest absolute Gasteiger partial charge is 0.482 e. The molecule has 0 spiro atoms. The van der Waals surface area contributed by atoms with Gasteiger partial charge >= 0.3 is 5.97 Å². The van der Waals surface area contributed by atoms with Crippen LogP contribution in [0, 0.1) is 0 Å². The van der Waals surface area contributed by atoms with E-state index in [0.29, 0.717) is 11.7 Å². The van der Waals surface area contributed by atoms with Crippen molar-refractivity contribution in [2.24, 2.45) is 0 Å². The average Bonchev–Trinajstić information content (AvgIpc) is 3.25. The van der Waals surface area contributed by atoms with E-state index in [2.05, 4.69) is 43.1 Å².